The maximum Gasteiger partial charge on any atom is 0.0781 e. The average Bonchev–Trinajstić information content (AvgIpc) is 2.41. The molecule has 3 heteroatoms. The molecule has 1 heterocycles. The van der Waals surface area contributed by atoms with Crippen LogP contribution in [0.3, 0.4) is 0 Å². The topological polar surface area (TPSA) is 46.2 Å². The van der Waals surface area contributed by atoms with E-state index >= 15 is 0 Å². The number of hydrogen-bond acceptors (Lipinski definition) is 3. The van der Waals surface area contributed by atoms with Gasteiger partial charge in [0.2, 0.25) is 0 Å². The molecule has 0 radical (unpaired) electrons. The summed E-state index contributed by atoms with van der Waals surface area (Å²) in [6.45, 7) is 0. The van der Waals surface area contributed by atoms with Gasteiger partial charge in [-0.3, -0.25) is 0 Å². The van der Waals surface area contributed by atoms with Crippen LogP contribution in [0.5, 0.6) is 0 Å². The van der Waals surface area contributed by atoms with Gasteiger partial charge in [-0.25, -0.2) is 0 Å². The van der Waals surface area contributed by atoms with Gasteiger partial charge in [-0.2, -0.15) is 0 Å². The van der Waals surface area contributed by atoms with Crippen LogP contribution in [-0.4, -0.2) is 11.2 Å². The standard InChI is InChI=1S/C7H9NOS/c8-6-5(9)3-4-1-2-10-7(4)6/h1-2,5-6,9H,3,8H2/t5-,6+/m1/s1. The van der Waals surface area contributed by atoms with Gasteiger partial charge < -0.3 is 10.8 Å². The first kappa shape index (κ1) is 6.34. The van der Waals surface area contributed by atoms with Crippen molar-refractivity contribution in [3.63, 3.8) is 0 Å². The van der Waals surface area contributed by atoms with E-state index in [4.69, 9.17) is 5.73 Å². The summed E-state index contributed by atoms with van der Waals surface area (Å²) in [7, 11) is 0. The smallest absolute Gasteiger partial charge is 0.0781 e. The summed E-state index contributed by atoms with van der Waals surface area (Å²) < 4.78 is 0. The maximum absolute atomic E-state index is 9.29. The Morgan fingerprint density at radius 1 is 1.70 bits per heavy atom. The highest BCUT2D eigenvalue weighted by Crippen LogP contribution is 2.33. The van der Waals surface area contributed by atoms with E-state index in [1.54, 1.807) is 11.3 Å². The molecule has 1 aliphatic carbocycles. The molecule has 3 N–H and O–H groups in total. The van der Waals surface area contributed by atoms with Crippen LogP contribution in [0, 0.1) is 0 Å². The van der Waals surface area contributed by atoms with E-state index in [9.17, 15) is 5.11 Å². The number of aliphatic hydroxyl groups is 1. The van der Waals surface area contributed by atoms with Crippen molar-refractivity contribution in [3.05, 3.63) is 21.9 Å². The molecule has 1 aromatic rings. The van der Waals surface area contributed by atoms with Gasteiger partial charge in [-0.15, -0.1) is 11.3 Å². The van der Waals surface area contributed by atoms with Gasteiger partial charge in [0, 0.05) is 11.3 Å². The number of nitrogens with two attached hydrogens (primary N) is 1. The van der Waals surface area contributed by atoms with Crippen LogP contribution in [0.2, 0.25) is 0 Å². The van der Waals surface area contributed by atoms with Crippen molar-refractivity contribution in [3.8, 4) is 0 Å². The van der Waals surface area contributed by atoms with Gasteiger partial charge in [0.05, 0.1) is 12.1 Å². The fourth-order valence-corrected chi connectivity index (χ4v) is 2.33. The van der Waals surface area contributed by atoms with Crippen LogP contribution in [0.4, 0.5) is 0 Å². The molecule has 10 heavy (non-hydrogen) atoms. The van der Waals surface area contributed by atoms with Gasteiger partial charge in [-0.1, -0.05) is 0 Å². The van der Waals surface area contributed by atoms with Crippen LogP contribution >= 0.6 is 11.3 Å². The van der Waals surface area contributed by atoms with Crippen molar-refractivity contribution in [2.45, 2.75) is 18.6 Å². The van der Waals surface area contributed by atoms with E-state index in [1.165, 1.54) is 5.56 Å². The number of rotatable bonds is 0. The van der Waals surface area contributed by atoms with E-state index < -0.39 is 0 Å². The molecule has 0 saturated heterocycles. The van der Waals surface area contributed by atoms with E-state index in [1.807, 2.05) is 11.4 Å². The molecule has 1 aromatic heterocycles. The first-order chi connectivity index (χ1) is 4.79. The van der Waals surface area contributed by atoms with E-state index in [2.05, 4.69) is 0 Å². The zero-order valence-electron chi connectivity index (χ0n) is 5.45. The molecule has 2 nitrogen and oxygen atoms in total. The summed E-state index contributed by atoms with van der Waals surface area (Å²) in [5.74, 6) is 0. The second-order valence-electron chi connectivity index (χ2n) is 2.61. The Labute approximate surface area is 63.3 Å². The van der Waals surface area contributed by atoms with Gasteiger partial charge in [0.15, 0.2) is 0 Å². The van der Waals surface area contributed by atoms with Gasteiger partial charge in [-0.05, 0) is 17.0 Å². The summed E-state index contributed by atoms with van der Waals surface area (Å²) in [4.78, 5) is 1.16. The van der Waals surface area contributed by atoms with Crippen molar-refractivity contribution >= 4 is 11.3 Å². The molecule has 54 valence electrons. The Kier molecular flexibility index (Phi) is 1.30. The number of hydrogen-bond donors (Lipinski definition) is 2. The molecule has 2 atom stereocenters. The third-order valence-corrected chi connectivity index (χ3v) is 2.99. The molecule has 0 fully saturated rings. The van der Waals surface area contributed by atoms with Crippen LogP contribution in [0.25, 0.3) is 0 Å². The predicted octanol–water partition coefficient (Wildman–Crippen LogP) is 0.665. The zero-order chi connectivity index (χ0) is 7.14. The number of fused-ring (bicyclic) bond motifs is 1. The van der Waals surface area contributed by atoms with Crippen LogP contribution in [-0.2, 0) is 6.42 Å². The Morgan fingerprint density at radius 3 is 3.20 bits per heavy atom. The number of aliphatic hydroxyl groups excluding tert-OH is 1. The average molecular weight is 155 g/mol. The van der Waals surface area contributed by atoms with Crippen molar-refractivity contribution < 1.29 is 5.11 Å². The Bertz CT molecular complexity index is 246. The van der Waals surface area contributed by atoms with Gasteiger partial charge in [0.1, 0.15) is 0 Å². The summed E-state index contributed by atoms with van der Waals surface area (Å²) in [6.07, 6.45) is 0.391. The van der Waals surface area contributed by atoms with Gasteiger partial charge in [0.25, 0.3) is 0 Å². The van der Waals surface area contributed by atoms with E-state index in [0.29, 0.717) is 0 Å². The van der Waals surface area contributed by atoms with Crippen molar-refractivity contribution in [2.24, 2.45) is 5.73 Å². The molecular formula is C7H9NOS. The number of thiophene rings is 1. The highest BCUT2D eigenvalue weighted by atomic mass is 32.1. The lowest BCUT2D eigenvalue weighted by atomic mass is 10.2. The van der Waals surface area contributed by atoms with Crippen molar-refractivity contribution in [2.75, 3.05) is 0 Å². The van der Waals surface area contributed by atoms with E-state index in [-0.39, 0.29) is 12.1 Å². The molecule has 0 amide bonds. The van der Waals surface area contributed by atoms with Gasteiger partial charge >= 0.3 is 0 Å². The predicted molar refractivity (Wildman–Crippen MR) is 41.0 cm³/mol. The second-order valence-corrected chi connectivity index (χ2v) is 3.56. The maximum atomic E-state index is 9.29. The first-order valence-electron chi connectivity index (χ1n) is 3.29. The lowest BCUT2D eigenvalue weighted by molar-refractivity contribution is 0.159. The Balaban J connectivity index is 2.43. The fraction of sp³-hybridized carbons (Fsp3) is 0.429. The van der Waals surface area contributed by atoms with Crippen LogP contribution < -0.4 is 5.73 Å². The molecule has 0 aliphatic heterocycles. The minimum atomic E-state index is -0.345. The SMILES string of the molecule is N[C@@H]1c2sccc2C[C@H]1O. The third kappa shape index (κ3) is 0.714. The molecule has 2 rings (SSSR count). The Morgan fingerprint density at radius 2 is 2.50 bits per heavy atom. The lowest BCUT2D eigenvalue weighted by Crippen LogP contribution is -2.20. The molecule has 0 saturated carbocycles. The highest BCUT2D eigenvalue weighted by molar-refractivity contribution is 7.10. The van der Waals surface area contributed by atoms with Crippen LogP contribution in [0.15, 0.2) is 11.4 Å². The molecule has 0 aromatic carbocycles. The Hall–Kier alpha value is -0.380. The zero-order valence-corrected chi connectivity index (χ0v) is 6.27. The van der Waals surface area contributed by atoms with Crippen molar-refractivity contribution in [1.29, 1.82) is 0 Å². The minimum absolute atomic E-state index is 0.130. The quantitative estimate of drug-likeness (QED) is 0.578. The normalized spacial score (nSPS) is 30.6. The summed E-state index contributed by atoms with van der Waals surface area (Å²) in [5.41, 5.74) is 6.92. The first-order valence-corrected chi connectivity index (χ1v) is 4.17. The molecule has 1 aliphatic rings. The monoisotopic (exact) mass is 155 g/mol. The molecule has 0 unspecified atom stereocenters. The van der Waals surface area contributed by atoms with Crippen molar-refractivity contribution in [1.82, 2.24) is 0 Å². The molecule has 0 bridgehead atoms. The lowest BCUT2D eigenvalue weighted by Gasteiger charge is -2.06. The molecule has 0 spiro atoms. The third-order valence-electron chi connectivity index (χ3n) is 1.93. The highest BCUT2D eigenvalue weighted by Gasteiger charge is 2.28. The summed E-state index contributed by atoms with van der Waals surface area (Å²) >= 11 is 1.64. The minimum Gasteiger partial charge on any atom is -0.391 e. The van der Waals surface area contributed by atoms with E-state index in [0.717, 1.165) is 11.3 Å². The van der Waals surface area contributed by atoms with Crippen LogP contribution in [0.1, 0.15) is 16.5 Å². The fourth-order valence-electron chi connectivity index (χ4n) is 1.34. The summed E-state index contributed by atoms with van der Waals surface area (Å²) in [6, 6.07) is 1.91. The summed E-state index contributed by atoms with van der Waals surface area (Å²) in [5, 5.41) is 11.3. The second kappa shape index (κ2) is 2.05. The molecular weight excluding hydrogens is 146 g/mol. The largest absolute Gasteiger partial charge is 0.391 e.